The van der Waals surface area contributed by atoms with Crippen molar-refractivity contribution in [2.75, 3.05) is 11.9 Å². The number of nitrogens with one attached hydrogen (secondary N) is 1. The van der Waals surface area contributed by atoms with Gasteiger partial charge in [-0.1, -0.05) is 12.8 Å². The summed E-state index contributed by atoms with van der Waals surface area (Å²) in [5.74, 6) is 1.72. The molecule has 0 saturated heterocycles. The molecule has 90 valence electrons. The summed E-state index contributed by atoms with van der Waals surface area (Å²) in [6, 6.07) is 3.92. The molecule has 0 spiro atoms. The maximum absolute atomic E-state index is 4.44. The van der Waals surface area contributed by atoms with Gasteiger partial charge in [-0.05, 0) is 46.8 Å². The molecule has 1 aliphatic carbocycles. The molecule has 1 fully saturated rings. The highest BCUT2D eigenvalue weighted by Gasteiger charge is 2.20. The number of hydrogen-bond acceptors (Lipinski definition) is 3. The summed E-state index contributed by atoms with van der Waals surface area (Å²) < 4.78 is 2.76. The van der Waals surface area contributed by atoms with Gasteiger partial charge in [-0.3, -0.25) is 0 Å². The zero-order chi connectivity index (χ0) is 11.7. The zero-order valence-corrected chi connectivity index (χ0v) is 11.2. The fraction of sp³-hybridized carbons (Fsp3) is 0.500. The van der Waals surface area contributed by atoms with Crippen molar-refractivity contribution in [2.24, 2.45) is 5.92 Å². The van der Waals surface area contributed by atoms with Crippen molar-refractivity contribution in [3.8, 4) is 0 Å². The average Bonchev–Trinajstić information content (AvgIpc) is 3.04. The van der Waals surface area contributed by atoms with Crippen LogP contribution in [0, 0.1) is 5.92 Å². The Labute approximate surface area is 109 Å². The molecule has 17 heavy (non-hydrogen) atoms. The van der Waals surface area contributed by atoms with Crippen LogP contribution in [-0.4, -0.2) is 21.1 Å². The topological polar surface area (TPSA) is 42.2 Å². The number of pyridine rings is 1. The van der Waals surface area contributed by atoms with Crippen LogP contribution in [0.25, 0.3) is 5.65 Å². The van der Waals surface area contributed by atoms with E-state index in [-0.39, 0.29) is 0 Å². The molecule has 2 aromatic rings. The van der Waals surface area contributed by atoms with E-state index in [9.17, 15) is 0 Å². The van der Waals surface area contributed by atoms with Crippen molar-refractivity contribution in [3.05, 3.63) is 22.8 Å². The van der Waals surface area contributed by atoms with E-state index in [1.807, 2.05) is 18.3 Å². The van der Waals surface area contributed by atoms with Crippen molar-refractivity contribution in [1.29, 1.82) is 0 Å². The van der Waals surface area contributed by atoms with Crippen LogP contribution in [0.1, 0.15) is 25.7 Å². The van der Waals surface area contributed by atoms with Gasteiger partial charge in [-0.2, -0.15) is 4.98 Å². The second-order valence-corrected chi connectivity index (χ2v) is 5.43. The fourth-order valence-electron chi connectivity index (χ4n) is 1.95. The SMILES string of the molecule is Brc1cccn2nc(NCCCC3CC3)nc12. The van der Waals surface area contributed by atoms with E-state index < -0.39 is 0 Å². The van der Waals surface area contributed by atoms with Crippen LogP contribution in [0.15, 0.2) is 22.8 Å². The first-order valence-electron chi connectivity index (χ1n) is 6.08. The Morgan fingerprint density at radius 1 is 1.47 bits per heavy atom. The van der Waals surface area contributed by atoms with Crippen molar-refractivity contribution in [1.82, 2.24) is 14.6 Å². The van der Waals surface area contributed by atoms with Crippen molar-refractivity contribution in [3.63, 3.8) is 0 Å². The minimum Gasteiger partial charge on any atom is -0.353 e. The van der Waals surface area contributed by atoms with Crippen LogP contribution >= 0.6 is 15.9 Å². The number of nitrogens with zero attached hydrogens (tertiary/aromatic N) is 3. The number of anilines is 1. The summed E-state index contributed by atoms with van der Waals surface area (Å²) >= 11 is 3.47. The van der Waals surface area contributed by atoms with E-state index in [1.54, 1.807) is 4.52 Å². The lowest BCUT2D eigenvalue weighted by Crippen LogP contribution is -2.03. The molecule has 0 atom stereocenters. The van der Waals surface area contributed by atoms with Crippen LogP contribution in [0.3, 0.4) is 0 Å². The first-order chi connectivity index (χ1) is 8.33. The molecule has 2 aromatic heterocycles. The summed E-state index contributed by atoms with van der Waals surface area (Å²) in [5.41, 5.74) is 0.859. The van der Waals surface area contributed by atoms with E-state index in [4.69, 9.17) is 0 Å². The molecule has 3 rings (SSSR count). The highest BCUT2D eigenvalue weighted by atomic mass is 79.9. The molecule has 0 aromatic carbocycles. The number of aromatic nitrogens is 3. The normalized spacial score (nSPS) is 15.4. The molecule has 4 nitrogen and oxygen atoms in total. The number of hydrogen-bond donors (Lipinski definition) is 1. The lowest BCUT2D eigenvalue weighted by Gasteiger charge is -1.99. The highest BCUT2D eigenvalue weighted by Crippen LogP contribution is 2.33. The van der Waals surface area contributed by atoms with Gasteiger partial charge in [0.1, 0.15) is 0 Å². The highest BCUT2D eigenvalue weighted by molar-refractivity contribution is 9.10. The largest absolute Gasteiger partial charge is 0.353 e. The van der Waals surface area contributed by atoms with Gasteiger partial charge in [0, 0.05) is 12.7 Å². The first-order valence-corrected chi connectivity index (χ1v) is 6.87. The Balaban J connectivity index is 1.62. The molecule has 1 aliphatic rings. The molecule has 0 amide bonds. The Morgan fingerprint density at radius 2 is 2.35 bits per heavy atom. The van der Waals surface area contributed by atoms with Crippen LogP contribution in [-0.2, 0) is 0 Å². The van der Waals surface area contributed by atoms with Crippen LogP contribution in [0.4, 0.5) is 5.95 Å². The summed E-state index contributed by atoms with van der Waals surface area (Å²) in [4.78, 5) is 4.44. The zero-order valence-electron chi connectivity index (χ0n) is 9.56. The Kier molecular flexibility index (Phi) is 3.01. The van der Waals surface area contributed by atoms with Crippen LogP contribution in [0.2, 0.25) is 0 Å². The van der Waals surface area contributed by atoms with Crippen LogP contribution in [0.5, 0.6) is 0 Å². The molecule has 5 heteroatoms. The van der Waals surface area contributed by atoms with Gasteiger partial charge >= 0.3 is 0 Å². The smallest absolute Gasteiger partial charge is 0.243 e. The number of rotatable bonds is 5. The molecule has 1 saturated carbocycles. The number of fused-ring (bicyclic) bond motifs is 1. The van der Waals surface area contributed by atoms with Gasteiger partial charge in [-0.25, -0.2) is 4.52 Å². The van der Waals surface area contributed by atoms with Gasteiger partial charge in [-0.15, -0.1) is 5.10 Å². The minimum atomic E-state index is 0.715. The average molecular weight is 295 g/mol. The van der Waals surface area contributed by atoms with Gasteiger partial charge in [0.25, 0.3) is 0 Å². The van der Waals surface area contributed by atoms with E-state index in [0.717, 1.165) is 22.6 Å². The summed E-state index contributed by atoms with van der Waals surface area (Å²) in [6.07, 6.45) is 7.31. The van der Waals surface area contributed by atoms with E-state index in [2.05, 4.69) is 31.3 Å². The van der Waals surface area contributed by atoms with Crippen molar-refractivity contribution < 1.29 is 0 Å². The molecule has 2 heterocycles. The summed E-state index contributed by atoms with van der Waals surface area (Å²) in [5, 5.41) is 7.65. The van der Waals surface area contributed by atoms with E-state index in [0.29, 0.717) is 5.95 Å². The third-order valence-electron chi connectivity index (χ3n) is 3.08. The minimum absolute atomic E-state index is 0.715. The molecule has 1 N–H and O–H groups in total. The van der Waals surface area contributed by atoms with Gasteiger partial charge < -0.3 is 5.32 Å². The second kappa shape index (κ2) is 4.64. The third-order valence-corrected chi connectivity index (χ3v) is 3.70. The van der Waals surface area contributed by atoms with Gasteiger partial charge in [0.2, 0.25) is 5.95 Å². The Bertz CT molecular complexity index is 518. The molecule has 0 radical (unpaired) electrons. The lowest BCUT2D eigenvalue weighted by atomic mass is 10.2. The van der Waals surface area contributed by atoms with Gasteiger partial charge in [0.15, 0.2) is 5.65 Å². The predicted molar refractivity (Wildman–Crippen MR) is 71.1 cm³/mol. The Hall–Kier alpha value is -1.10. The number of halogens is 1. The Morgan fingerprint density at radius 3 is 3.12 bits per heavy atom. The molecular weight excluding hydrogens is 280 g/mol. The fourth-order valence-corrected chi connectivity index (χ4v) is 2.37. The van der Waals surface area contributed by atoms with Crippen molar-refractivity contribution in [2.45, 2.75) is 25.7 Å². The predicted octanol–water partition coefficient (Wildman–Crippen LogP) is 3.09. The molecule has 0 bridgehead atoms. The van der Waals surface area contributed by atoms with Crippen LogP contribution < -0.4 is 5.32 Å². The molecule has 0 unspecified atom stereocenters. The second-order valence-electron chi connectivity index (χ2n) is 4.57. The van der Waals surface area contributed by atoms with Crippen molar-refractivity contribution >= 4 is 27.5 Å². The molecular formula is C12H15BrN4. The first kappa shape index (κ1) is 11.0. The standard InChI is InChI=1S/C12H15BrN4/c13-10-4-2-8-17-11(10)15-12(16-17)14-7-1-3-9-5-6-9/h2,4,8-9H,1,3,5-7H2,(H,14,16). The maximum Gasteiger partial charge on any atom is 0.243 e. The monoisotopic (exact) mass is 294 g/mol. The van der Waals surface area contributed by atoms with Gasteiger partial charge in [0.05, 0.1) is 4.47 Å². The van der Waals surface area contributed by atoms with E-state index in [1.165, 1.54) is 25.7 Å². The third kappa shape index (κ3) is 2.60. The lowest BCUT2D eigenvalue weighted by molar-refractivity contribution is 0.685. The van der Waals surface area contributed by atoms with E-state index >= 15 is 0 Å². The summed E-state index contributed by atoms with van der Waals surface area (Å²) in [7, 11) is 0. The maximum atomic E-state index is 4.44. The quantitative estimate of drug-likeness (QED) is 0.862. The summed E-state index contributed by atoms with van der Waals surface area (Å²) in [6.45, 7) is 0.963. The molecule has 0 aliphatic heterocycles.